The van der Waals surface area contributed by atoms with Gasteiger partial charge in [0.25, 0.3) is 0 Å². The van der Waals surface area contributed by atoms with Crippen molar-refractivity contribution in [3.05, 3.63) is 54.1 Å². The first-order valence-corrected chi connectivity index (χ1v) is 14.1. The van der Waals surface area contributed by atoms with E-state index in [1.54, 1.807) is 31.2 Å². The molecule has 2 N–H and O–H groups in total. The number of hydrogen-bond donors (Lipinski definition) is 2. The van der Waals surface area contributed by atoms with Crippen molar-refractivity contribution in [3.63, 3.8) is 0 Å². The number of carbonyl (C=O) groups excluding carboxylic acids is 1. The molecule has 0 aliphatic carbocycles. The second-order valence-corrected chi connectivity index (χ2v) is 11.0. The van der Waals surface area contributed by atoms with Crippen LogP contribution in [0.4, 0.5) is 5.69 Å². The number of amides is 1. The molecular formula is C26H38ClN3O5S. The Balaban J connectivity index is 0.00000456. The second kappa shape index (κ2) is 13.8. The van der Waals surface area contributed by atoms with E-state index in [4.69, 9.17) is 4.74 Å². The number of sulfonamides is 1. The predicted molar refractivity (Wildman–Crippen MR) is 145 cm³/mol. The molecule has 10 heteroatoms. The van der Waals surface area contributed by atoms with E-state index >= 15 is 0 Å². The second-order valence-electron chi connectivity index (χ2n) is 9.23. The zero-order chi connectivity index (χ0) is 25.4. The molecule has 1 aliphatic heterocycles. The quantitative estimate of drug-likeness (QED) is 0.443. The molecule has 2 aromatic carbocycles. The largest absolute Gasteiger partial charge is 0.457 e. The number of aliphatic hydroxyl groups excluding tert-OH is 1. The molecule has 36 heavy (non-hydrogen) atoms. The summed E-state index contributed by atoms with van der Waals surface area (Å²) in [5.41, 5.74) is 1.68. The summed E-state index contributed by atoms with van der Waals surface area (Å²) in [6.07, 6.45) is 3.71. The van der Waals surface area contributed by atoms with Gasteiger partial charge >= 0.3 is 0 Å². The third-order valence-corrected chi connectivity index (χ3v) is 6.74. The lowest BCUT2D eigenvalue weighted by Crippen LogP contribution is -2.47. The molecule has 0 aromatic heterocycles. The van der Waals surface area contributed by atoms with E-state index in [1.807, 2.05) is 24.0 Å². The number of carbonyl (C=O) groups is 1. The average Bonchev–Trinajstić information content (AvgIpc) is 2.81. The third-order valence-electron chi connectivity index (χ3n) is 6.13. The molecule has 1 unspecified atom stereocenters. The number of piperidine rings is 1. The molecule has 1 atom stereocenters. The molecular weight excluding hydrogens is 502 g/mol. The Bertz CT molecular complexity index is 1050. The highest BCUT2D eigenvalue weighted by molar-refractivity contribution is 7.92. The van der Waals surface area contributed by atoms with Crippen LogP contribution >= 0.6 is 12.4 Å². The Morgan fingerprint density at radius 1 is 1.11 bits per heavy atom. The fourth-order valence-electron chi connectivity index (χ4n) is 4.29. The zero-order valence-corrected chi connectivity index (χ0v) is 22.9. The van der Waals surface area contributed by atoms with Gasteiger partial charge in [0.05, 0.1) is 12.4 Å². The van der Waals surface area contributed by atoms with Gasteiger partial charge in [-0.25, -0.2) is 8.42 Å². The molecule has 8 nitrogen and oxygen atoms in total. The van der Waals surface area contributed by atoms with Crippen LogP contribution in [0.1, 0.15) is 45.1 Å². The summed E-state index contributed by atoms with van der Waals surface area (Å²) in [7, 11) is -3.31. The molecule has 1 aliphatic rings. The van der Waals surface area contributed by atoms with E-state index < -0.39 is 16.1 Å². The molecule has 0 bridgehead atoms. The monoisotopic (exact) mass is 539 g/mol. The summed E-state index contributed by atoms with van der Waals surface area (Å²) in [6, 6.07) is 15.0. The maximum atomic E-state index is 12.4. The molecule has 0 radical (unpaired) electrons. The van der Waals surface area contributed by atoms with Crippen LogP contribution < -0.4 is 9.46 Å². The van der Waals surface area contributed by atoms with Gasteiger partial charge < -0.3 is 14.7 Å². The molecule has 200 valence electrons. The van der Waals surface area contributed by atoms with E-state index in [0.717, 1.165) is 38.7 Å². The summed E-state index contributed by atoms with van der Waals surface area (Å²) < 4.78 is 30.9. The number of hydrogen-bond acceptors (Lipinski definition) is 6. The SMILES string of the molecule is CCC(=O)N(CCC(C)O)C1CCN(Cc2ccc(Oc3ccc(NS(C)(=O)=O)cc3)cc2)CC1.Cl. The van der Waals surface area contributed by atoms with Crippen LogP contribution in [0.25, 0.3) is 0 Å². The Morgan fingerprint density at radius 2 is 1.67 bits per heavy atom. The zero-order valence-electron chi connectivity index (χ0n) is 21.2. The van der Waals surface area contributed by atoms with Crippen molar-refractivity contribution in [2.45, 2.75) is 58.2 Å². The van der Waals surface area contributed by atoms with Crippen LogP contribution in [0.3, 0.4) is 0 Å². The summed E-state index contributed by atoms with van der Waals surface area (Å²) >= 11 is 0. The van der Waals surface area contributed by atoms with Crippen LogP contribution in [-0.4, -0.2) is 67.3 Å². The maximum Gasteiger partial charge on any atom is 0.229 e. The van der Waals surface area contributed by atoms with E-state index in [2.05, 4.69) is 21.8 Å². The van der Waals surface area contributed by atoms with Crippen molar-refractivity contribution in [2.75, 3.05) is 30.6 Å². The number of halogens is 1. The van der Waals surface area contributed by atoms with Gasteiger partial charge in [-0.1, -0.05) is 19.1 Å². The van der Waals surface area contributed by atoms with Crippen LogP contribution in [0, 0.1) is 0 Å². The first kappa shape index (κ1) is 29.9. The van der Waals surface area contributed by atoms with Gasteiger partial charge in [0.15, 0.2) is 0 Å². The van der Waals surface area contributed by atoms with Crippen molar-refractivity contribution in [1.29, 1.82) is 0 Å². The number of nitrogens with zero attached hydrogens (tertiary/aromatic N) is 2. The standard InChI is InChI=1S/C26H37N3O5S.ClH/c1-4-26(31)29(18-13-20(2)30)23-14-16-28(17-15-23)19-21-5-9-24(10-6-21)34-25-11-7-22(8-12-25)27-35(3,32)33;/h5-12,20,23,27,30H,4,13-19H2,1-3H3;1H. The van der Waals surface area contributed by atoms with Gasteiger partial charge in [-0.15, -0.1) is 12.4 Å². The summed E-state index contributed by atoms with van der Waals surface area (Å²) in [6.45, 7) is 6.98. The number of ether oxygens (including phenoxy) is 1. The Hall–Kier alpha value is -2.33. The van der Waals surface area contributed by atoms with Crippen LogP contribution in [0.5, 0.6) is 11.5 Å². The van der Waals surface area contributed by atoms with Crippen molar-refractivity contribution in [1.82, 2.24) is 9.80 Å². The molecule has 1 heterocycles. The number of benzene rings is 2. The normalized spacial score (nSPS) is 15.6. The summed E-state index contributed by atoms with van der Waals surface area (Å²) in [5, 5.41) is 9.63. The lowest BCUT2D eigenvalue weighted by Gasteiger charge is -2.39. The number of likely N-dealkylation sites (tertiary alicyclic amines) is 1. The Kier molecular flexibility index (Phi) is 11.5. The number of rotatable bonds is 11. The van der Waals surface area contributed by atoms with Crippen molar-refractivity contribution in [3.8, 4) is 11.5 Å². The number of nitrogens with one attached hydrogen (secondary N) is 1. The minimum Gasteiger partial charge on any atom is -0.457 e. The van der Waals surface area contributed by atoms with Gasteiger partial charge in [0.2, 0.25) is 15.9 Å². The van der Waals surface area contributed by atoms with Crippen LogP contribution in [0.2, 0.25) is 0 Å². The predicted octanol–water partition coefficient (Wildman–Crippen LogP) is 4.25. The van der Waals surface area contributed by atoms with Gasteiger partial charge in [-0.3, -0.25) is 14.4 Å². The Morgan fingerprint density at radius 3 is 2.17 bits per heavy atom. The Labute approximate surface area is 221 Å². The first-order valence-electron chi connectivity index (χ1n) is 12.2. The lowest BCUT2D eigenvalue weighted by molar-refractivity contribution is -0.134. The van der Waals surface area contributed by atoms with Crippen LogP contribution in [-0.2, 0) is 21.4 Å². The van der Waals surface area contributed by atoms with Crippen LogP contribution in [0.15, 0.2) is 48.5 Å². The first-order chi connectivity index (χ1) is 16.6. The highest BCUT2D eigenvalue weighted by Crippen LogP contribution is 2.25. The summed E-state index contributed by atoms with van der Waals surface area (Å²) in [5.74, 6) is 1.50. The van der Waals surface area contributed by atoms with E-state index in [-0.39, 0.29) is 24.4 Å². The fraction of sp³-hybridized carbons (Fsp3) is 0.500. The fourth-order valence-corrected chi connectivity index (χ4v) is 4.86. The topological polar surface area (TPSA) is 99.2 Å². The molecule has 1 amide bonds. The highest BCUT2D eigenvalue weighted by Gasteiger charge is 2.27. The molecule has 2 aromatic rings. The van der Waals surface area contributed by atoms with Gasteiger partial charge in [-0.2, -0.15) is 0 Å². The van der Waals surface area contributed by atoms with E-state index in [9.17, 15) is 18.3 Å². The minimum absolute atomic E-state index is 0. The maximum absolute atomic E-state index is 12.4. The van der Waals surface area contributed by atoms with Gasteiger partial charge in [0.1, 0.15) is 11.5 Å². The van der Waals surface area contributed by atoms with Gasteiger partial charge in [-0.05, 0) is 68.1 Å². The molecule has 1 fully saturated rings. The molecule has 0 spiro atoms. The smallest absolute Gasteiger partial charge is 0.229 e. The molecule has 3 rings (SSSR count). The van der Waals surface area contributed by atoms with E-state index in [0.29, 0.717) is 36.6 Å². The number of anilines is 1. The summed E-state index contributed by atoms with van der Waals surface area (Å²) in [4.78, 5) is 16.8. The third kappa shape index (κ3) is 9.61. The lowest BCUT2D eigenvalue weighted by atomic mass is 10.0. The van der Waals surface area contributed by atoms with E-state index in [1.165, 1.54) is 5.56 Å². The van der Waals surface area contributed by atoms with Gasteiger partial charge in [0, 0.05) is 44.3 Å². The minimum atomic E-state index is -3.31. The number of aliphatic hydroxyl groups is 1. The highest BCUT2D eigenvalue weighted by atomic mass is 35.5. The molecule has 0 saturated carbocycles. The average molecular weight is 540 g/mol. The molecule has 1 saturated heterocycles. The van der Waals surface area contributed by atoms with Crippen molar-refractivity contribution >= 4 is 34.0 Å². The van der Waals surface area contributed by atoms with Crippen molar-refractivity contribution in [2.24, 2.45) is 0 Å². The van der Waals surface area contributed by atoms with Crippen molar-refractivity contribution < 1.29 is 23.1 Å².